The van der Waals surface area contributed by atoms with E-state index in [1.165, 1.54) is 5.56 Å². The van der Waals surface area contributed by atoms with Crippen molar-refractivity contribution in [2.45, 2.75) is 0 Å². The fourth-order valence-corrected chi connectivity index (χ4v) is 7.53. The Labute approximate surface area is 319 Å². The molecule has 2 aromatic heterocycles. The molecule has 10 rings (SSSR count). The van der Waals surface area contributed by atoms with Crippen LogP contribution < -0.4 is 0 Å². The van der Waals surface area contributed by atoms with Crippen molar-refractivity contribution in [2.75, 3.05) is 0 Å². The topological polar surface area (TPSA) is 38.9 Å². The van der Waals surface area contributed by atoms with E-state index < -0.39 is 0 Å². The second-order valence-electron chi connectivity index (χ2n) is 13.8. The van der Waals surface area contributed by atoms with E-state index >= 15 is 0 Å². The first-order valence-corrected chi connectivity index (χ1v) is 18.6. The van der Waals surface area contributed by atoms with Gasteiger partial charge in [0.1, 0.15) is 11.2 Å². The highest BCUT2D eigenvalue weighted by Gasteiger charge is 2.17. The molecule has 10 aromatic rings. The lowest BCUT2D eigenvalue weighted by Gasteiger charge is -2.16. The molecule has 8 aromatic carbocycles. The van der Waals surface area contributed by atoms with Gasteiger partial charge in [-0.05, 0) is 93.0 Å². The van der Waals surface area contributed by atoms with Crippen LogP contribution >= 0.6 is 0 Å². The summed E-state index contributed by atoms with van der Waals surface area (Å²) in [7, 11) is 0. The molecule has 0 spiro atoms. The molecule has 258 valence electrons. The number of hydrogen-bond acceptors (Lipinski definition) is 3. The Morgan fingerprint density at radius 3 is 1.49 bits per heavy atom. The minimum absolute atomic E-state index is 0.678. The summed E-state index contributed by atoms with van der Waals surface area (Å²) in [5.74, 6) is 0.678. The molecule has 0 aliphatic rings. The van der Waals surface area contributed by atoms with Crippen LogP contribution in [0.25, 0.3) is 100 Å². The largest absolute Gasteiger partial charge is 0.456 e. The van der Waals surface area contributed by atoms with Crippen LogP contribution in [0.3, 0.4) is 0 Å². The third kappa shape index (κ3) is 6.28. The average Bonchev–Trinajstić information content (AvgIpc) is 3.65. The number of furan rings is 1. The molecule has 3 heteroatoms. The van der Waals surface area contributed by atoms with E-state index in [4.69, 9.17) is 14.4 Å². The third-order valence-electron chi connectivity index (χ3n) is 10.3. The molecule has 0 N–H and O–H groups in total. The number of nitrogens with zero attached hydrogens (tertiary/aromatic N) is 2. The Balaban J connectivity index is 1.20. The molecule has 0 atom stereocenters. The standard InChI is InChI=1S/C52H34N2O/c1-5-15-35(16-6-1)39-25-27-44(46(32-39)37-19-9-3-10-20-37)49-34-48(53-52(54-49)38-21-11-4-12-22-38)43-30-41(36-17-7-2-8-18-36)29-42(31-43)40-26-28-51-47(33-40)45-23-13-14-24-50(45)55-51/h1-34H. The van der Waals surface area contributed by atoms with Gasteiger partial charge in [0.25, 0.3) is 0 Å². The van der Waals surface area contributed by atoms with Gasteiger partial charge in [-0.15, -0.1) is 0 Å². The molecule has 0 radical (unpaired) electrons. The minimum atomic E-state index is 0.678. The Morgan fingerprint density at radius 2 is 0.782 bits per heavy atom. The predicted octanol–water partition coefficient (Wildman–Crippen LogP) is 14.0. The van der Waals surface area contributed by atoms with Crippen LogP contribution in [0.5, 0.6) is 0 Å². The van der Waals surface area contributed by atoms with Gasteiger partial charge in [0.15, 0.2) is 5.82 Å². The average molecular weight is 703 g/mol. The smallest absolute Gasteiger partial charge is 0.160 e. The fourth-order valence-electron chi connectivity index (χ4n) is 7.53. The maximum atomic E-state index is 6.20. The quantitative estimate of drug-likeness (QED) is 0.166. The molecule has 2 heterocycles. The Hall–Kier alpha value is -7.36. The van der Waals surface area contributed by atoms with Crippen molar-refractivity contribution in [3.05, 3.63) is 206 Å². The molecule has 0 fully saturated rings. The van der Waals surface area contributed by atoms with Gasteiger partial charge in [-0.25, -0.2) is 9.97 Å². The molecular weight excluding hydrogens is 669 g/mol. The molecule has 0 saturated heterocycles. The van der Waals surface area contributed by atoms with Crippen molar-refractivity contribution in [3.8, 4) is 78.4 Å². The van der Waals surface area contributed by atoms with E-state index in [2.05, 4.69) is 176 Å². The second kappa shape index (κ2) is 13.9. The van der Waals surface area contributed by atoms with Gasteiger partial charge < -0.3 is 4.42 Å². The number of hydrogen-bond donors (Lipinski definition) is 0. The highest BCUT2D eigenvalue weighted by Crippen LogP contribution is 2.40. The van der Waals surface area contributed by atoms with Crippen LogP contribution in [-0.4, -0.2) is 9.97 Å². The van der Waals surface area contributed by atoms with Gasteiger partial charge in [-0.1, -0.05) is 158 Å². The summed E-state index contributed by atoms with van der Waals surface area (Å²) in [5, 5.41) is 2.21. The lowest BCUT2D eigenvalue weighted by Crippen LogP contribution is -1.98. The first-order chi connectivity index (χ1) is 27.2. The number of fused-ring (bicyclic) bond motifs is 3. The maximum absolute atomic E-state index is 6.20. The summed E-state index contributed by atoms with van der Waals surface area (Å²) < 4.78 is 6.20. The third-order valence-corrected chi connectivity index (χ3v) is 10.3. The van der Waals surface area contributed by atoms with Crippen molar-refractivity contribution in [1.82, 2.24) is 9.97 Å². The predicted molar refractivity (Wildman–Crippen MR) is 227 cm³/mol. The summed E-state index contributed by atoms with van der Waals surface area (Å²) in [6, 6.07) is 72.3. The van der Waals surface area contributed by atoms with E-state index in [0.29, 0.717) is 5.82 Å². The minimum Gasteiger partial charge on any atom is -0.456 e. The molecule has 0 aliphatic heterocycles. The van der Waals surface area contributed by atoms with Gasteiger partial charge in [-0.3, -0.25) is 0 Å². The number of rotatable bonds is 7. The highest BCUT2D eigenvalue weighted by atomic mass is 16.3. The van der Waals surface area contributed by atoms with Gasteiger partial charge >= 0.3 is 0 Å². The second-order valence-corrected chi connectivity index (χ2v) is 13.8. The number of aromatic nitrogens is 2. The van der Waals surface area contributed by atoms with Crippen LogP contribution in [0.15, 0.2) is 211 Å². The van der Waals surface area contributed by atoms with Gasteiger partial charge in [0.2, 0.25) is 0 Å². The van der Waals surface area contributed by atoms with Gasteiger partial charge in [0.05, 0.1) is 11.4 Å². The molecule has 0 aliphatic carbocycles. The molecule has 0 bridgehead atoms. The van der Waals surface area contributed by atoms with Crippen molar-refractivity contribution in [3.63, 3.8) is 0 Å². The molecule has 3 nitrogen and oxygen atoms in total. The maximum Gasteiger partial charge on any atom is 0.160 e. The zero-order chi connectivity index (χ0) is 36.6. The summed E-state index contributed by atoms with van der Waals surface area (Å²) in [6.45, 7) is 0. The van der Waals surface area contributed by atoms with E-state index in [-0.39, 0.29) is 0 Å². The van der Waals surface area contributed by atoms with Crippen LogP contribution in [0, 0.1) is 0 Å². The molecule has 0 unspecified atom stereocenters. The molecule has 55 heavy (non-hydrogen) atoms. The van der Waals surface area contributed by atoms with E-state index in [1.807, 2.05) is 30.3 Å². The van der Waals surface area contributed by atoms with E-state index in [1.54, 1.807) is 0 Å². The van der Waals surface area contributed by atoms with Crippen LogP contribution in [0.2, 0.25) is 0 Å². The summed E-state index contributed by atoms with van der Waals surface area (Å²) in [5.41, 5.74) is 15.5. The van der Waals surface area contributed by atoms with Crippen LogP contribution in [0.4, 0.5) is 0 Å². The number of para-hydroxylation sites is 1. The van der Waals surface area contributed by atoms with Crippen molar-refractivity contribution < 1.29 is 4.42 Å². The lowest BCUT2D eigenvalue weighted by atomic mass is 9.91. The van der Waals surface area contributed by atoms with Crippen molar-refractivity contribution >= 4 is 21.9 Å². The SMILES string of the molecule is c1ccc(-c2cc(-c3ccc4oc5ccccc5c4c3)cc(-c3cc(-c4ccc(-c5ccccc5)cc4-c4ccccc4)nc(-c4ccccc4)n3)c2)cc1. The fraction of sp³-hybridized carbons (Fsp3) is 0. The molecular formula is C52H34N2O. The van der Waals surface area contributed by atoms with Crippen LogP contribution in [0.1, 0.15) is 0 Å². The number of benzene rings is 8. The van der Waals surface area contributed by atoms with Crippen molar-refractivity contribution in [2.24, 2.45) is 0 Å². The Bertz CT molecular complexity index is 2950. The van der Waals surface area contributed by atoms with E-state index in [9.17, 15) is 0 Å². The van der Waals surface area contributed by atoms with Crippen LogP contribution in [-0.2, 0) is 0 Å². The van der Waals surface area contributed by atoms with Crippen molar-refractivity contribution in [1.29, 1.82) is 0 Å². The van der Waals surface area contributed by atoms with Gasteiger partial charge in [0, 0.05) is 27.5 Å². The summed E-state index contributed by atoms with van der Waals surface area (Å²) in [6.07, 6.45) is 0. The first-order valence-electron chi connectivity index (χ1n) is 18.6. The monoisotopic (exact) mass is 702 g/mol. The summed E-state index contributed by atoms with van der Waals surface area (Å²) in [4.78, 5) is 10.6. The summed E-state index contributed by atoms with van der Waals surface area (Å²) >= 11 is 0. The Morgan fingerprint density at radius 1 is 0.273 bits per heavy atom. The first kappa shape index (κ1) is 32.3. The lowest BCUT2D eigenvalue weighted by molar-refractivity contribution is 0.669. The highest BCUT2D eigenvalue weighted by molar-refractivity contribution is 6.06. The zero-order valence-electron chi connectivity index (χ0n) is 29.9. The van der Waals surface area contributed by atoms with E-state index in [0.717, 1.165) is 89.0 Å². The Kier molecular flexibility index (Phi) is 8.16. The molecule has 0 saturated carbocycles. The zero-order valence-corrected chi connectivity index (χ0v) is 29.9. The van der Waals surface area contributed by atoms with Gasteiger partial charge in [-0.2, -0.15) is 0 Å². The molecule has 0 amide bonds. The normalized spacial score (nSPS) is 11.3.